The summed E-state index contributed by atoms with van der Waals surface area (Å²) in [4.78, 5) is 28.4. The number of hydrogen-bond donors (Lipinski definition) is 1. The Morgan fingerprint density at radius 1 is 1.04 bits per heavy atom. The molecule has 2 aliphatic rings. The van der Waals surface area contributed by atoms with Crippen molar-refractivity contribution in [1.82, 2.24) is 9.80 Å². The number of ether oxygens (including phenoxy) is 1. The number of hydrogen-bond acceptors (Lipinski definition) is 4. The number of carbonyl (C=O) groups is 2. The molecule has 0 bridgehead atoms. The van der Waals surface area contributed by atoms with Crippen molar-refractivity contribution in [3.05, 3.63) is 0 Å². The van der Waals surface area contributed by atoms with Gasteiger partial charge in [0, 0.05) is 46.3 Å². The van der Waals surface area contributed by atoms with Gasteiger partial charge < -0.3 is 20.3 Å². The van der Waals surface area contributed by atoms with Crippen LogP contribution in [0.15, 0.2) is 0 Å². The second-order valence-electron chi connectivity index (χ2n) is 6.77. The fourth-order valence-electron chi connectivity index (χ4n) is 3.56. The van der Waals surface area contributed by atoms with Crippen LogP contribution < -0.4 is 5.73 Å². The van der Waals surface area contributed by atoms with E-state index >= 15 is 0 Å². The minimum atomic E-state index is -0.214. The molecule has 6 nitrogen and oxygen atoms in total. The second kappa shape index (κ2) is 9.23. The first-order chi connectivity index (χ1) is 11.1. The third-order valence-electron chi connectivity index (χ3n) is 5.17. The van der Waals surface area contributed by atoms with Gasteiger partial charge in [0.15, 0.2) is 0 Å². The van der Waals surface area contributed by atoms with Gasteiger partial charge in [0.2, 0.25) is 11.8 Å². The van der Waals surface area contributed by atoms with Gasteiger partial charge in [-0.2, -0.15) is 0 Å². The Morgan fingerprint density at radius 2 is 1.61 bits per heavy atom. The van der Waals surface area contributed by atoms with E-state index < -0.39 is 0 Å². The van der Waals surface area contributed by atoms with E-state index in [1.807, 2.05) is 9.80 Å². The highest BCUT2D eigenvalue weighted by Gasteiger charge is 2.27. The molecule has 2 amide bonds. The molecule has 0 aromatic heterocycles. The van der Waals surface area contributed by atoms with Gasteiger partial charge in [-0.05, 0) is 18.8 Å². The molecule has 2 rings (SSSR count). The molecule has 1 unspecified atom stereocenters. The lowest BCUT2D eigenvalue weighted by atomic mass is 9.86. The zero-order valence-electron chi connectivity index (χ0n) is 14.3. The highest BCUT2D eigenvalue weighted by molar-refractivity contribution is 5.79. The quantitative estimate of drug-likeness (QED) is 0.790. The van der Waals surface area contributed by atoms with Gasteiger partial charge in [0.05, 0.1) is 12.5 Å². The van der Waals surface area contributed by atoms with E-state index in [9.17, 15) is 9.59 Å². The monoisotopic (exact) mass is 325 g/mol. The van der Waals surface area contributed by atoms with Gasteiger partial charge in [-0.3, -0.25) is 9.59 Å². The van der Waals surface area contributed by atoms with Crippen LogP contribution in [0.2, 0.25) is 0 Å². The average molecular weight is 325 g/mol. The van der Waals surface area contributed by atoms with Crippen molar-refractivity contribution >= 4 is 11.8 Å². The maximum absolute atomic E-state index is 12.4. The van der Waals surface area contributed by atoms with Gasteiger partial charge in [0.25, 0.3) is 0 Å². The van der Waals surface area contributed by atoms with E-state index in [4.69, 9.17) is 10.5 Å². The Kier molecular flexibility index (Phi) is 7.30. The van der Waals surface area contributed by atoms with Gasteiger partial charge in [0.1, 0.15) is 0 Å². The normalized spacial score (nSPS) is 21.3. The van der Waals surface area contributed by atoms with Crippen molar-refractivity contribution in [3.63, 3.8) is 0 Å². The van der Waals surface area contributed by atoms with Crippen LogP contribution in [-0.2, 0) is 14.3 Å². The largest absolute Gasteiger partial charge is 0.380 e. The number of methoxy groups -OCH3 is 1. The molecular weight excluding hydrogens is 294 g/mol. The third kappa shape index (κ3) is 5.46. The lowest BCUT2D eigenvalue weighted by Crippen LogP contribution is -2.51. The van der Waals surface area contributed by atoms with Crippen molar-refractivity contribution < 1.29 is 14.3 Å². The van der Waals surface area contributed by atoms with Gasteiger partial charge in [-0.25, -0.2) is 0 Å². The molecule has 6 heteroatoms. The smallest absolute Gasteiger partial charge is 0.225 e. The van der Waals surface area contributed by atoms with Crippen LogP contribution >= 0.6 is 0 Å². The van der Waals surface area contributed by atoms with Crippen LogP contribution in [-0.4, -0.2) is 67.6 Å². The number of carbonyl (C=O) groups excluding carboxylic acids is 2. The second-order valence-corrected chi connectivity index (χ2v) is 6.77. The predicted octanol–water partition coefficient (Wildman–Crippen LogP) is 0.991. The summed E-state index contributed by atoms with van der Waals surface area (Å²) in [5.74, 6) is 0.908. The minimum Gasteiger partial charge on any atom is -0.380 e. The molecule has 1 heterocycles. The van der Waals surface area contributed by atoms with E-state index in [-0.39, 0.29) is 17.9 Å². The van der Waals surface area contributed by atoms with Crippen molar-refractivity contribution in [3.8, 4) is 0 Å². The number of nitrogens with two attached hydrogens (primary N) is 1. The summed E-state index contributed by atoms with van der Waals surface area (Å²) in [5.41, 5.74) is 5.56. The summed E-state index contributed by atoms with van der Waals surface area (Å²) in [6.45, 7) is 2.89. The van der Waals surface area contributed by atoms with Crippen molar-refractivity contribution in [2.45, 2.75) is 51.0 Å². The average Bonchev–Trinajstić information content (AvgIpc) is 2.60. The lowest BCUT2D eigenvalue weighted by molar-refractivity contribution is -0.141. The molecule has 1 aliphatic carbocycles. The van der Waals surface area contributed by atoms with E-state index in [0.717, 1.165) is 0 Å². The van der Waals surface area contributed by atoms with E-state index in [2.05, 4.69) is 0 Å². The number of piperazine rings is 1. The van der Waals surface area contributed by atoms with E-state index in [1.165, 1.54) is 32.1 Å². The van der Waals surface area contributed by atoms with E-state index in [1.54, 1.807) is 7.11 Å². The molecule has 0 aromatic rings. The molecule has 1 saturated heterocycles. The fraction of sp³-hybridized carbons (Fsp3) is 0.882. The first kappa shape index (κ1) is 18.2. The van der Waals surface area contributed by atoms with Gasteiger partial charge >= 0.3 is 0 Å². The molecule has 1 atom stereocenters. The summed E-state index contributed by atoms with van der Waals surface area (Å²) in [6, 6.07) is 0. The molecule has 1 aliphatic heterocycles. The van der Waals surface area contributed by atoms with Crippen molar-refractivity contribution in [1.29, 1.82) is 0 Å². The zero-order valence-corrected chi connectivity index (χ0v) is 14.3. The standard InChI is InChI=1S/C17H31N3O3/c1-23-15(13-18)12-17(22)20-9-7-19(8-10-20)16(21)11-14-5-3-2-4-6-14/h14-15H,2-13,18H2,1H3. The fourth-order valence-corrected chi connectivity index (χ4v) is 3.56. The van der Waals surface area contributed by atoms with Crippen LogP contribution in [0, 0.1) is 5.92 Å². The van der Waals surface area contributed by atoms with Gasteiger partial charge in [-0.15, -0.1) is 0 Å². The maximum atomic E-state index is 12.4. The Labute approximate surface area is 139 Å². The summed E-state index contributed by atoms with van der Waals surface area (Å²) in [6.07, 6.45) is 7.04. The molecule has 23 heavy (non-hydrogen) atoms. The minimum absolute atomic E-state index is 0.0710. The van der Waals surface area contributed by atoms with Crippen molar-refractivity contribution in [2.24, 2.45) is 11.7 Å². The molecule has 0 spiro atoms. The molecule has 0 aromatic carbocycles. The highest BCUT2D eigenvalue weighted by atomic mass is 16.5. The predicted molar refractivity (Wildman–Crippen MR) is 88.8 cm³/mol. The zero-order chi connectivity index (χ0) is 16.7. The first-order valence-electron chi connectivity index (χ1n) is 8.92. The van der Waals surface area contributed by atoms with Crippen LogP contribution in [0.3, 0.4) is 0 Å². The third-order valence-corrected chi connectivity index (χ3v) is 5.17. The molecule has 2 fully saturated rings. The molecule has 0 radical (unpaired) electrons. The summed E-state index contributed by atoms with van der Waals surface area (Å²) >= 11 is 0. The SMILES string of the molecule is COC(CN)CC(=O)N1CCN(C(=O)CC2CCCCC2)CC1. The Morgan fingerprint density at radius 3 is 2.13 bits per heavy atom. The highest BCUT2D eigenvalue weighted by Crippen LogP contribution is 2.27. The topological polar surface area (TPSA) is 75.9 Å². The van der Waals surface area contributed by atoms with E-state index in [0.29, 0.717) is 51.5 Å². The van der Waals surface area contributed by atoms with Crippen molar-refractivity contribution in [2.75, 3.05) is 39.8 Å². The molecular formula is C17H31N3O3. The number of amides is 2. The Balaban J connectivity index is 1.72. The Bertz CT molecular complexity index is 385. The maximum Gasteiger partial charge on any atom is 0.225 e. The first-order valence-corrected chi connectivity index (χ1v) is 8.92. The molecule has 1 saturated carbocycles. The van der Waals surface area contributed by atoms with Crippen LogP contribution in [0.25, 0.3) is 0 Å². The van der Waals surface area contributed by atoms with Crippen LogP contribution in [0.1, 0.15) is 44.9 Å². The summed E-state index contributed by atoms with van der Waals surface area (Å²) in [7, 11) is 1.58. The van der Waals surface area contributed by atoms with Crippen LogP contribution in [0.4, 0.5) is 0 Å². The molecule has 132 valence electrons. The van der Waals surface area contributed by atoms with Crippen LogP contribution in [0.5, 0.6) is 0 Å². The summed E-state index contributed by atoms with van der Waals surface area (Å²) in [5, 5.41) is 0. The summed E-state index contributed by atoms with van der Waals surface area (Å²) < 4.78 is 5.17. The lowest BCUT2D eigenvalue weighted by Gasteiger charge is -2.36. The number of nitrogens with zero attached hydrogens (tertiary/aromatic N) is 2. The molecule has 2 N–H and O–H groups in total. The van der Waals surface area contributed by atoms with Gasteiger partial charge in [-0.1, -0.05) is 19.3 Å². The number of rotatable bonds is 6. The Hall–Kier alpha value is -1.14.